The summed E-state index contributed by atoms with van der Waals surface area (Å²) in [5.74, 6) is 0. The van der Waals surface area contributed by atoms with Crippen molar-refractivity contribution in [2.75, 3.05) is 0 Å². The molecule has 0 saturated heterocycles. The fourth-order valence-corrected chi connectivity index (χ4v) is 1.06. The SMILES string of the molecule is CCCCn1ccc(C(C)N)n1. The molecule has 1 aromatic heterocycles. The lowest BCUT2D eigenvalue weighted by Gasteiger charge is -2.00. The minimum atomic E-state index is 0.0490. The van der Waals surface area contributed by atoms with Crippen LogP contribution in [0.15, 0.2) is 12.3 Å². The minimum absolute atomic E-state index is 0.0490. The second-order valence-corrected chi connectivity index (χ2v) is 3.15. The highest BCUT2D eigenvalue weighted by atomic mass is 15.3. The molecule has 0 aliphatic rings. The van der Waals surface area contributed by atoms with Crippen LogP contribution >= 0.6 is 0 Å². The summed E-state index contributed by atoms with van der Waals surface area (Å²) >= 11 is 0. The summed E-state index contributed by atoms with van der Waals surface area (Å²) in [5.41, 5.74) is 6.66. The van der Waals surface area contributed by atoms with E-state index in [0.717, 1.165) is 12.2 Å². The van der Waals surface area contributed by atoms with Gasteiger partial charge in [0.15, 0.2) is 0 Å². The molecule has 0 spiro atoms. The Morgan fingerprint density at radius 1 is 1.67 bits per heavy atom. The molecule has 0 radical (unpaired) electrons. The molecule has 1 rings (SSSR count). The van der Waals surface area contributed by atoms with E-state index in [1.807, 2.05) is 23.9 Å². The maximum absolute atomic E-state index is 5.68. The highest BCUT2D eigenvalue weighted by molar-refractivity contribution is 5.02. The largest absolute Gasteiger partial charge is 0.323 e. The Morgan fingerprint density at radius 2 is 2.42 bits per heavy atom. The summed E-state index contributed by atoms with van der Waals surface area (Å²) in [6.07, 6.45) is 4.38. The molecular weight excluding hydrogens is 150 g/mol. The molecule has 1 aromatic rings. The Kier molecular flexibility index (Phi) is 3.29. The number of aryl methyl sites for hydroxylation is 1. The lowest BCUT2D eigenvalue weighted by Crippen LogP contribution is -2.07. The van der Waals surface area contributed by atoms with Crippen LogP contribution < -0.4 is 5.73 Å². The molecule has 1 heterocycles. The number of hydrogen-bond acceptors (Lipinski definition) is 2. The van der Waals surface area contributed by atoms with Crippen LogP contribution in [0.2, 0.25) is 0 Å². The number of nitrogens with zero attached hydrogens (tertiary/aromatic N) is 2. The van der Waals surface area contributed by atoms with Gasteiger partial charge in [-0.25, -0.2) is 0 Å². The minimum Gasteiger partial charge on any atom is -0.323 e. The predicted octanol–water partition coefficient (Wildman–Crippen LogP) is 1.70. The van der Waals surface area contributed by atoms with Crippen LogP contribution in [0.25, 0.3) is 0 Å². The first-order valence-corrected chi connectivity index (χ1v) is 4.53. The normalized spacial score (nSPS) is 13.2. The molecule has 1 atom stereocenters. The topological polar surface area (TPSA) is 43.8 Å². The van der Waals surface area contributed by atoms with E-state index in [-0.39, 0.29) is 6.04 Å². The maximum Gasteiger partial charge on any atom is 0.0788 e. The molecule has 3 heteroatoms. The van der Waals surface area contributed by atoms with Gasteiger partial charge >= 0.3 is 0 Å². The van der Waals surface area contributed by atoms with Gasteiger partial charge in [-0.15, -0.1) is 0 Å². The molecule has 1 unspecified atom stereocenters. The van der Waals surface area contributed by atoms with E-state index < -0.39 is 0 Å². The van der Waals surface area contributed by atoms with Gasteiger partial charge in [0.1, 0.15) is 0 Å². The molecule has 0 fully saturated rings. The number of nitrogens with two attached hydrogens (primary N) is 1. The van der Waals surface area contributed by atoms with Crippen molar-refractivity contribution in [3.8, 4) is 0 Å². The van der Waals surface area contributed by atoms with Gasteiger partial charge in [-0.3, -0.25) is 4.68 Å². The summed E-state index contributed by atoms with van der Waals surface area (Å²) in [5, 5.41) is 4.34. The van der Waals surface area contributed by atoms with Gasteiger partial charge in [-0.2, -0.15) is 5.10 Å². The lowest BCUT2D eigenvalue weighted by molar-refractivity contribution is 0.559. The first-order chi connectivity index (χ1) is 5.74. The lowest BCUT2D eigenvalue weighted by atomic mass is 10.3. The van der Waals surface area contributed by atoms with Crippen molar-refractivity contribution in [1.29, 1.82) is 0 Å². The molecule has 0 bridgehead atoms. The average Bonchev–Trinajstić information content (AvgIpc) is 2.48. The van der Waals surface area contributed by atoms with Crippen LogP contribution in [0.4, 0.5) is 0 Å². The summed E-state index contributed by atoms with van der Waals surface area (Å²) in [4.78, 5) is 0. The molecule has 0 aromatic carbocycles. The molecule has 12 heavy (non-hydrogen) atoms. The Hall–Kier alpha value is -0.830. The molecular formula is C9H17N3. The van der Waals surface area contributed by atoms with Crippen molar-refractivity contribution in [3.63, 3.8) is 0 Å². The van der Waals surface area contributed by atoms with Crippen molar-refractivity contribution in [1.82, 2.24) is 9.78 Å². The zero-order valence-corrected chi connectivity index (χ0v) is 7.83. The van der Waals surface area contributed by atoms with Gasteiger partial charge in [0, 0.05) is 18.8 Å². The van der Waals surface area contributed by atoms with Gasteiger partial charge in [-0.05, 0) is 19.4 Å². The van der Waals surface area contributed by atoms with Crippen LogP contribution in [-0.2, 0) is 6.54 Å². The van der Waals surface area contributed by atoms with Crippen LogP contribution in [0.5, 0.6) is 0 Å². The second-order valence-electron chi connectivity index (χ2n) is 3.15. The summed E-state index contributed by atoms with van der Waals surface area (Å²) in [6.45, 7) is 5.13. The smallest absolute Gasteiger partial charge is 0.0788 e. The van der Waals surface area contributed by atoms with Crippen LogP contribution in [0.3, 0.4) is 0 Å². The molecule has 0 aliphatic heterocycles. The molecule has 0 amide bonds. The summed E-state index contributed by atoms with van der Waals surface area (Å²) in [6, 6.07) is 2.04. The third-order valence-corrected chi connectivity index (χ3v) is 1.87. The van der Waals surface area contributed by atoms with E-state index in [1.165, 1.54) is 12.8 Å². The number of rotatable bonds is 4. The monoisotopic (exact) mass is 167 g/mol. The van der Waals surface area contributed by atoms with Gasteiger partial charge in [0.25, 0.3) is 0 Å². The number of unbranched alkanes of at least 4 members (excludes halogenated alkanes) is 1. The van der Waals surface area contributed by atoms with Crippen molar-refractivity contribution in [2.24, 2.45) is 5.73 Å². The van der Waals surface area contributed by atoms with Crippen molar-refractivity contribution in [3.05, 3.63) is 18.0 Å². The van der Waals surface area contributed by atoms with Gasteiger partial charge in [-0.1, -0.05) is 13.3 Å². The van der Waals surface area contributed by atoms with E-state index in [0.29, 0.717) is 0 Å². The third-order valence-electron chi connectivity index (χ3n) is 1.87. The average molecular weight is 167 g/mol. The Balaban J connectivity index is 2.52. The van der Waals surface area contributed by atoms with E-state index in [1.54, 1.807) is 0 Å². The van der Waals surface area contributed by atoms with E-state index in [4.69, 9.17) is 5.73 Å². The molecule has 0 saturated carbocycles. The van der Waals surface area contributed by atoms with Crippen LogP contribution in [-0.4, -0.2) is 9.78 Å². The number of aromatic nitrogens is 2. The highest BCUT2D eigenvalue weighted by Crippen LogP contribution is 2.05. The fourth-order valence-electron chi connectivity index (χ4n) is 1.06. The maximum atomic E-state index is 5.68. The summed E-state index contributed by atoms with van der Waals surface area (Å²) < 4.78 is 1.96. The highest BCUT2D eigenvalue weighted by Gasteiger charge is 2.02. The second kappa shape index (κ2) is 4.26. The standard InChI is InChI=1S/C9H17N3/c1-3-4-6-12-7-5-9(11-12)8(2)10/h5,7-8H,3-4,6,10H2,1-2H3. The molecule has 2 N–H and O–H groups in total. The Morgan fingerprint density at radius 3 is 2.92 bits per heavy atom. The van der Waals surface area contributed by atoms with E-state index in [9.17, 15) is 0 Å². The molecule has 3 nitrogen and oxygen atoms in total. The van der Waals surface area contributed by atoms with E-state index >= 15 is 0 Å². The van der Waals surface area contributed by atoms with Crippen LogP contribution in [0.1, 0.15) is 38.4 Å². The zero-order chi connectivity index (χ0) is 8.97. The van der Waals surface area contributed by atoms with Gasteiger partial charge < -0.3 is 5.73 Å². The Labute approximate surface area is 73.6 Å². The van der Waals surface area contributed by atoms with Crippen molar-refractivity contribution in [2.45, 2.75) is 39.3 Å². The van der Waals surface area contributed by atoms with Crippen molar-refractivity contribution < 1.29 is 0 Å². The fraction of sp³-hybridized carbons (Fsp3) is 0.667. The van der Waals surface area contributed by atoms with E-state index in [2.05, 4.69) is 12.0 Å². The third kappa shape index (κ3) is 2.34. The number of hydrogen-bond donors (Lipinski definition) is 1. The first-order valence-electron chi connectivity index (χ1n) is 4.53. The van der Waals surface area contributed by atoms with Crippen molar-refractivity contribution >= 4 is 0 Å². The molecule has 0 aliphatic carbocycles. The van der Waals surface area contributed by atoms with Crippen LogP contribution in [0, 0.1) is 0 Å². The molecule has 68 valence electrons. The quantitative estimate of drug-likeness (QED) is 0.741. The Bertz CT molecular complexity index is 227. The first kappa shape index (κ1) is 9.26. The predicted molar refractivity (Wildman–Crippen MR) is 49.7 cm³/mol. The summed E-state index contributed by atoms with van der Waals surface area (Å²) in [7, 11) is 0. The zero-order valence-electron chi connectivity index (χ0n) is 7.83. The van der Waals surface area contributed by atoms with Gasteiger partial charge in [0.2, 0.25) is 0 Å². The van der Waals surface area contributed by atoms with Gasteiger partial charge in [0.05, 0.1) is 5.69 Å².